The van der Waals surface area contributed by atoms with E-state index in [-0.39, 0.29) is 0 Å². The van der Waals surface area contributed by atoms with E-state index in [9.17, 15) is 0 Å². The summed E-state index contributed by atoms with van der Waals surface area (Å²) in [5.41, 5.74) is 8.09. The van der Waals surface area contributed by atoms with Crippen molar-refractivity contribution < 1.29 is 4.42 Å². The highest BCUT2D eigenvalue weighted by atomic mass is 16.3. The second-order valence-corrected chi connectivity index (χ2v) is 3.20. The van der Waals surface area contributed by atoms with Gasteiger partial charge < -0.3 is 4.42 Å². The molecule has 0 bridgehead atoms. The highest BCUT2D eigenvalue weighted by Crippen LogP contribution is 2.08. The number of hydrogen-bond donors (Lipinski definition) is 0. The van der Waals surface area contributed by atoms with E-state index in [0.717, 1.165) is 24.6 Å². The van der Waals surface area contributed by atoms with E-state index in [0.29, 0.717) is 6.54 Å². The third-order valence-electron chi connectivity index (χ3n) is 1.87. The first-order valence-electron chi connectivity index (χ1n) is 4.47. The van der Waals surface area contributed by atoms with Gasteiger partial charge in [-0.15, -0.1) is 0 Å². The van der Waals surface area contributed by atoms with Crippen molar-refractivity contribution in [3.8, 4) is 0 Å². The standard InChI is InChI=1S/C9H14N4O/c1-8-3-4-9(14-8)7-13(2)6-5-11-12-10/h3-4H,5-7H2,1-2H3. The Balaban J connectivity index is 2.33. The Labute approximate surface area is 82.9 Å². The first-order valence-corrected chi connectivity index (χ1v) is 4.47. The van der Waals surface area contributed by atoms with Crippen LogP contribution in [0, 0.1) is 6.92 Å². The summed E-state index contributed by atoms with van der Waals surface area (Å²) in [5, 5.41) is 3.47. The van der Waals surface area contributed by atoms with Crippen molar-refractivity contribution in [3.05, 3.63) is 34.1 Å². The second-order valence-electron chi connectivity index (χ2n) is 3.20. The van der Waals surface area contributed by atoms with Crippen molar-refractivity contribution in [2.75, 3.05) is 20.1 Å². The summed E-state index contributed by atoms with van der Waals surface area (Å²) in [6.07, 6.45) is 0. The molecular weight excluding hydrogens is 180 g/mol. The average molecular weight is 194 g/mol. The predicted octanol–water partition coefficient (Wildman–Crippen LogP) is 2.33. The predicted molar refractivity (Wildman–Crippen MR) is 53.8 cm³/mol. The Kier molecular flexibility index (Phi) is 4.04. The molecule has 1 aromatic rings. The fourth-order valence-electron chi connectivity index (χ4n) is 1.18. The Morgan fingerprint density at radius 2 is 2.36 bits per heavy atom. The van der Waals surface area contributed by atoms with Gasteiger partial charge in [0.05, 0.1) is 6.54 Å². The molecule has 0 radical (unpaired) electrons. The molecule has 0 saturated heterocycles. The molecule has 1 heterocycles. The summed E-state index contributed by atoms with van der Waals surface area (Å²) in [5.74, 6) is 1.86. The topological polar surface area (TPSA) is 65.1 Å². The molecular formula is C9H14N4O. The number of nitrogens with zero attached hydrogens (tertiary/aromatic N) is 4. The number of rotatable bonds is 5. The van der Waals surface area contributed by atoms with Gasteiger partial charge in [-0.2, -0.15) is 0 Å². The zero-order valence-corrected chi connectivity index (χ0v) is 8.47. The molecule has 14 heavy (non-hydrogen) atoms. The molecule has 1 rings (SSSR count). The third kappa shape index (κ3) is 3.51. The lowest BCUT2D eigenvalue weighted by atomic mass is 10.4. The monoisotopic (exact) mass is 194 g/mol. The van der Waals surface area contributed by atoms with Crippen LogP contribution in [0.25, 0.3) is 10.4 Å². The number of aryl methyl sites for hydroxylation is 1. The summed E-state index contributed by atoms with van der Waals surface area (Å²) in [6, 6.07) is 3.90. The van der Waals surface area contributed by atoms with Crippen LogP contribution in [0.2, 0.25) is 0 Å². The van der Waals surface area contributed by atoms with Gasteiger partial charge in [0.15, 0.2) is 0 Å². The van der Waals surface area contributed by atoms with Gasteiger partial charge in [-0.25, -0.2) is 0 Å². The van der Waals surface area contributed by atoms with E-state index in [1.807, 2.05) is 31.0 Å². The van der Waals surface area contributed by atoms with E-state index in [1.54, 1.807) is 0 Å². The number of hydrogen-bond acceptors (Lipinski definition) is 3. The van der Waals surface area contributed by atoms with Crippen LogP contribution in [0.4, 0.5) is 0 Å². The molecule has 5 nitrogen and oxygen atoms in total. The maximum Gasteiger partial charge on any atom is 0.118 e. The number of furan rings is 1. The Morgan fingerprint density at radius 1 is 1.57 bits per heavy atom. The Bertz CT molecular complexity index is 327. The van der Waals surface area contributed by atoms with Gasteiger partial charge in [0.25, 0.3) is 0 Å². The van der Waals surface area contributed by atoms with Crippen molar-refractivity contribution in [2.45, 2.75) is 13.5 Å². The molecule has 0 aromatic carbocycles. The third-order valence-corrected chi connectivity index (χ3v) is 1.87. The van der Waals surface area contributed by atoms with Gasteiger partial charge in [0, 0.05) is 18.0 Å². The normalized spacial score (nSPS) is 10.2. The van der Waals surface area contributed by atoms with Crippen molar-refractivity contribution in [3.63, 3.8) is 0 Å². The highest BCUT2D eigenvalue weighted by Gasteiger charge is 2.02. The largest absolute Gasteiger partial charge is 0.465 e. The average Bonchev–Trinajstić information content (AvgIpc) is 2.52. The minimum absolute atomic E-state index is 0.493. The van der Waals surface area contributed by atoms with Crippen LogP contribution in [0.5, 0.6) is 0 Å². The molecule has 0 saturated carbocycles. The molecule has 0 amide bonds. The van der Waals surface area contributed by atoms with Gasteiger partial charge >= 0.3 is 0 Å². The fourth-order valence-corrected chi connectivity index (χ4v) is 1.18. The minimum Gasteiger partial charge on any atom is -0.465 e. The van der Waals surface area contributed by atoms with Crippen LogP contribution in [0.1, 0.15) is 11.5 Å². The second kappa shape index (κ2) is 5.32. The van der Waals surface area contributed by atoms with Crippen LogP contribution < -0.4 is 0 Å². The molecule has 0 atom stereocenters. The van der Waals surface area contributed by atoms with Crippen LogP contribution in [-0.4, -0.2) is 25.0 Å². The lowest BCUT2D eigenvalue weighted by Gasteiger charge is -2.12. The van der Waals surface area contributed by atoms with E-state index in [1.165, 1.54) is 0 Å². The SMILES string of the molecule is Cc1ccc(CN(C)CCN=[N+]=[N-])o1. The molecule has 0 aliphatic carbocycles. The van der Waals surface area contributed by atoms with Gasteiger partial charge in [-0.05, 0) is 31.6 Å². The molecule has 0 unspecified atom stereocenters. The van der Waals surface area contributed by atoms with Crippen LogP contribution >= 0.6 is 0 Å². The quantitative estimate of drug-likeness (QED) is 0.410. The zero-order valence-electron chi connectivity index (χ0n) is 8.47. The summed E-state index contributed by atoms with van der Waals surface area (Å²) in [7, 11) is 1.96. The molecule has 5 heteroatoms. The summed E-state index contributed by atoms with van der Waals surface area (Å²) < 4.78 is 5.42. The van der Waals surface area contributed by atoms with Crippen molar-refractivity contribution >= 4 is 0 Å². The summed E-state index contributed by atoms with van der Waals surface area (Å²) in [4.78, 5) is 4.74. The van der Waals surface area contributed by atoms with E-state index in [2.05, 4.69) is 10.0 Å². The lowest BCUT2D eigenvalue weighted by Crippen LogP contribution is -2.20. The molecule has 0 aliphatic rings. The van der Waals surface area contributed by atoms with Crippen molar-refractivity contribution in [2.24, 2.45) is 5.11 Å². The summed E-state index contributed by atoms with van der Waals surface area (Å²) >= 11 is 0. The van der Waals surface area contributed by atoms with Gasteiger partial charge in [0.2, 0.25) is 0 Å². The van der Waals surface area contributed by atoms with Crippen LogP contribution in [0.3, 0.4) is 0 Å². The van der Waals surface area contributed by atoms with Crippen LogP contribution in [-0.2, 0) is 6.54 Å². The number of azide groups is 1. The van der Waals surface area contributed by atoms with Crippen molar-refractivity contribution in [1.29, 1.82) is 0 Å². The fraction of sp³-hybridized carbons (Fsp3) is 0.556. The van der Waals surface area contributed by atoms with Gasteiger partial charge in [-0.3, -0.25) is 4.90 Å². The Morgan fingerprint density at radius 3 is 2.93 bits per heavy atom. The summed E-state index contributed by atoms with van der Waals surface area (Å²) in [6.45, 7) is 3.90. The van der Waals surface area contributed by atoms with Crippen molar-refractivity contribution in [1.82, 2.24) is 4.90 Å². The lowest BCUT2D eigenvalue weighted by molar-refractivity contribution is 0.299. The maximum atomic E-state index is 8.09. The minimum atomic E-state index is 0.493. The first-order chi connectivity index (χ1) is 6.72. The number of likely N-dealkylation sites (N-methyl/N-ethyl adjacent to an activating group) is 1. The smallest absolute Gasteiger partial charge is 0.118 e. The molecule has 0 aliphatic heterocycles. The molecule has 0 fully saturated rings. The van der Waals surface area contributed by atoms with Gasteiger partial charge in [-0.1, -0.05) is 5.11 Å². The van der Waals surface area contributed by atoms with E-state index in [4.69, 9.17) is 9.95 Å². The molecule has 0 N–H and O–H groups in total. The highest BCUT2D eigenvalue weighted by molar-refractivity contribution is 5.05. The first kappa shape index (κ1) is 10.6. The maximum absolute atomic E-state index is 8.09. The molecule has 76 valence electrons. The Hall–Kier alpha value is -1.45. The van der Waals surface area contributed by atoms with E-state index < -0.39 is 0 Å². The van der Waals surface area contributed by atoms with E-state index >= 15 is 0 Å². The zero-order chi connectivity index (χ0) is 10.4. The van der Waals surface area contributed by atoms with Crippen LogP contribution in [0.15, 0.2) is 21.7 Å². The molecule has 0 spiro atoms. The molecule has 1 aromatic heterocycles. The van der Waals surface area contributed by atoms with Gasteiger partial charge in [0.1, 0.15) is 11.5 Å².